The fourth-order valence-corrected chi connectivity index (χ4v) is 4.64. The van der Waals surface area contributed by atoms with Crippen LogP contribution in [0.1, 0.15) is 38.8 Å². The predicted molar refractivity (Wildman–Crippen MR) is 137 cm³/mol. The van der Waals surface area contributed by atoms with Gasteiger partial charge in [-0.2, -0.15) is 0 Å². The molecule has 0 radical (unpaired) electrons. The Morgan fingerprint density at radius 1 is 1.08 bits per heavy atom. The number of anilines is 1. The molecule has 0 aliphatic carbocycles. The molecule has 1 fully saturated rings. The first-order valence-electron chi connectivity index (χ1n) is 11.5. The lowest BCUT2D eigenvalue weighted by molar-refractivity contribution is -0.164. The van der Waals surface area contributed by atoms with Crippen molar-refractivity contribution in [2.75, 3.05) is 18.1 Å². The van der Waals surface area contributed by atoms with Crippen molar-refractivity contribution in [3.05, 3.63) is 60.2 Å². The van der Waals surface area contributed by atoms with Crippen molar-refractivity contribution in [3.8, 4) is 0 Å². The van der Waals surface area contributed by atoms with Gasteiger partial charge < -0.3 is 25.4 Å². The molecule has 1 aliphatic rings. The molecular weight excluding hydrogens is 482 g/mol. The van der Waals surface area contributed by atoms with Crippen LogP contribution >= 0.6 is 11.8 Å². The minimum absolute atomic E-state index is 0.0940. The SMILES string of the molecule is CSc1cccc(NC(=O)NCC(=O)N2C(C(=O)OC(C)(C)C)CC(C(=O)O)C2c2ccccc2)c1. The van der Waals surface area contributed by atoms with E-state index >= 15 is 0 Å². The van der Waals surface area contributed by atoms with Gasteiger partial charge >= 0.3 is 18.0 Å². The average molecular weight is 514 g/mol. The van der Waals surface area contributed by atoms with Crippen molar-refractivity contribution in [3.63, 3.8) is 0 Å². The number of carboxylic acids is 1. The highest BCUT2D eigenvalue weighted by atomic mass is 32.2. The van der Waals surface area contributed by atoms with Gasteiger partial charge in [-0.25, -0.2) is 9.59 Å². The average Bonchev–Trinajstić information content (AvgIpc) is 3.23. The third-order valence-electron chi connectivity index (χ3n) is 5.65. The van der Waals surface area contributed by atoms with Crippen LogP contribution in [0.4, 0.5) is 10.5 Å². The van der Waals surface area contributed by atoms with Gasteiger partial charge in [0.25, 0.3) is 0 Å². The van der Waals surface area contributed by atoms with Gasteiger partial charge in [-0.1, -0.05) is 36.4 Å². The number of aliphatic carboxylic acids is 1. The molecule has 192 valence electrons. The Balaban J connectivity index is 1.83. The van der Waals surface area contributed by atoms with Crippen molar-refractivity contribution < 1.29 is 29.0 Å². The molecule has 10 heteroatoms. The summed E-state index contributed by atoms with van der Waals surface area (Å²) in [5, 5.41) is 15.1. The summed E-state index contributed by atoms with van der Waals surface area (Å²) in [6, 6.07) is 13.3. The summed E-state index contributed by atoms with van der Waals surface area (Å²) >= 11 is 1.53. The van der Waals surface area contributed by atoms with E-state index in [0.717, 1.165) is 4.90 Å². The molecule has 1 heterocycles. The summed E-state index contributed by atoms with van der Waals surface area (Å²) in [6.45, 7) is 4.68. The van der Waals surface area contributed by atoms with E-state index < -0.39 is 54.0 Å². The molecule has 0 aromatic heterocycles. The number of nitrogens with one attached hydrogen (secondary N) is 2. The highest BCUT2D eigenvalue weighted by molar-refractivity contribution is 7.98. The first-order valence-corrected chi connectivity index (χ1v) is 12.7. The fraction of sp³-hybridized carbons (Fsp3) is 0.385. The molecule has 0 spiro atoms. The smallest absolute Gasteiger partial charge is 0.329 e. The van der Waals surface area contributed by atoms with Gasteiger partial charge in [-0.3, -0.25) is 9.59 Å². The molecule has 3 rings (SSSR count). The Morgan fingerprint density at radius 2 is 1.78 bits per heavy atom. The van der Waals surface area contributed by atoms with Crippen LogP contribution in [-0.4, -0.2) is 58.3 Å². The van der Waals surface area contributed by atoms with Crippen LogP contribution in [0.3, 0.4) is 0 Å². The van der Waals surface area contributed by atoms with Crippen molar-refractivity contribution in [1.29, 1.82) is 0 Å². The number of benzene rings is 2. The number of rotatable bonds is 7. The van der Waals surface area contributed by atoms with Crippen molar-refractivity contribution in [2.24, 2.45) is 5.92 Å². The zero-order chi connectivity index (χ0) is 26.5. The maximum absolute atomic E-state index is 13.4. The lowest BCUT2D eigenvalue weighted by atomic mass is 9.93. The molecule has 3 atom stereocenters. The molecule has 9 nitrogen and oxygen atoms in total. The van der Waals surface area contributed by atoms with E-state index in [1.807, 2.05) is 12.3 Å². The largest absolute Gasteiger partial charge is 0.481 e. The second kappa shape index (κ2) is 11.5. The van der Waals surface area contributed by atoms with Gasteiger partial charge in [0.2, 0.25) is 5.91 Å². The number of carbonyl (C=O) groups excluding carboxylic acids is 3. The second-order valence-corrected chi connectivity index (χ2v) is 10.3. The maximum atomic E-state index is 13.4. The van der Waals surface area contributed by atoms with Crippen LogP contribution in [0.25, 0.3) is 0 Å². The lowest BCUT2D eigenvalue weighted by Gasteiger charge is -2.32. The zero-order valence-electron chi connectivity index (χ0n) is 20.7. The number of hydrogen-bond donors (Lipinski definition) is 3. The number of carbonyl (C=O) groups is 4. The summed E-state index contributed by atoms with van der Waals surface area (Å²) in [4.78, 5) is 53.3. The number of likely N-dealkylation sites (tertiary alicyclic amines) is 1. The van der Waals surface area contributed by atoms with E-state index in [1.54, 1.807) is 69.3 Å². The highest BCUT2D eigenvalue weighted by Gasteiger charge is 2.51. The van der Waals surface area contributed by atoms with Gasteiger partial charge in [0.15, 0.2) is 0 Å². The monoisotopic (exact) mass is 513 g/mol. The topological polar surface area (TPSA) is 125 Å². The number of thioether (sulfide) groups is 1. The number of urea groups is 1. The summed E-state index contributed by atoms with van der Waals surface area (Å²) in [5.41, 5.74) is 0.328. The fourth-order valence-electron chi connectivity index (χ4n) is 4.18. The lowest BCUT2D eigenvalue weighted by Crippen LogP contribution is -2.48. The number of esters is 1. The van der Waals surface area contributed by atoms with Gasteiger partial charge in [0, 0.05) is 10.6 Å². The Morgan fingerprint density at radius 3 is 2.39 bits per heavy atom. The molecule has 0 saturated carbocycles. The number of nitrogens with zero attached hydrogens (tertiary/aromatic N) is 1. The van der Waals surface area contributed by atoms with Crippen LogP contribution in [0.5, 0.6) is 0 Å². The molecule has 3 unspecified atom stereocenters. The third kappa shape index (κ3) is 6.78. The molecule has 3 N–H and O–H groups in total. The van der Waals surface area contributed by atoms with Crippen molar-refractivity contribution >= 4 is 41.3 Å². The maximum Gasteiger partial charge on any atom is 0.329 e. The van der Waals surface area contributed by atoms with E-state index in [-0.39, 0.29) is 6.42 Å². The molecular formula is C26H31N3O6S. The summed E-state index contributed by atoms with van der Waals surface area (Å²) in [6.07, 6.45) is 1.83. The molecule has 3 amide bonds. The van der Waals surface area contributed by atoms with Gasteiger partial charge in [0.05, 0.1) is 18.5 Å². The third-order valence-corrected chi connectivity index (χ3v) is 6.37. The van der Waals surface area contributed by atoms with Crippen LogP contribution in [0, 0.1) is 5.92 Å². The molecule has 1 saturated heterocycles. The van der Waals surface area contributed by atoms with E-state index in [4.69, 9.17) is 4.74 Å². The Labute approximate surface area is 214 Å². The minimum Gasteiger partial charge on any atom is -0.481 e. The number of hydrogen-bond acceptors (Lipinski definition) is 6. The van der Waals surface area contributed by atoms with E-state index in [0.29, 0.717) is 11.3 Å². The second-order valence-electron chi connectivity index (χ2n) is 9.43. The Kier molecular flexibility index (Phi) is 8.62. The quantitative estimate of drug-likeness (QED) is 0.379. The van der Waals surface area contributed by atoms with E-state index in [9.17, 15) is 24.3 Å². The first kappa shape index (κ1) is 27.1. The minimum atomic E-state index is -1.12. The van der Waals surface area contributed by atoms with Crippen molar-refractivity contribution in [1.82, 2.24) is 10.2 Å². The van der Waals surface area contributed by atoms with E-state index in [1.165, 1.54) is 16.7 Å². The molecule has 36 heavy (non-hydrogen) atoms. The molecule has 2 aromatic rings. The normalized spacial score (nSPS) is 19.4. The first-order chi connectivity index (χ1) is 17.0. The number of amides is 3. The number of carboxylic acid groups (broad SMARTS) is 1. The molecule has 1 aliphatic heterocycles. The zero-order valence-corrected chi connectivity index (χ0v) is 21.5. The van der Waals surface area contributed by atoms with Crippen LogP contribution < -0.4 is 10.6 Å². The summed E-state index contributed by atoms with van der Waals surface area (Å²) in [5.74, 6) is -3.40. The van der Waals surface area contributed by atoms with Crippen LogP contribution in [0.2, 0.25) is 0 Å². The predicted octanol–water partition coefficient (Wildman–Crippen LogP) is 3.91. The van der Waals surface area contributed by atoms with E-state index in [2.05, 4.69) is 10.6 Å². The van der Waals surface area contributed by atoms with Gasteiger partial charge in [0.1, 0.15) is 11.6 Å². The summed E-state index contributed by atoms with van der Waals surface area (Å²) < 4.78 is 5.51. The van der Waals surface area contributed by atoms with Crippen molar-refractivity contribution in [2.45, 2.75) is 49.8 Å². The summed E-state index contributed by atoms with van der Waals surface area (Å²) in [7, 11) is 0. The molecule has 0 bridgehead atoms. The van der Waals surface area contributed by atoms with Crippen LogP contribution in [0.15, 0.2) is 59.5 Å². The molecule has 2 aromatic carbocycles. The standard InChI is InChI=1S/C26H31N3O6S/c1-26(2,3)35-24(33)20-14-19(23(31)32)22(16-9-6-5-7-10-16)29(20)21(30)15-27-25(34)28-17-11-8-12-18(13-17)36-4/h5-13,19-20,22H,14-15H2,1-4H3,(H,31,32)(H2,27,28,34). The highest BCUT2D eigenvalue weighted by Crippen LogP contribution is 2.42. The number of ether oxygens (including phenoxy) is 1. The van der Waals surface area contributed by atoms with Crippen LogP contribution in [-0.2, 0) is 19.1 Å². The van der Waals surface area contributed by atoms with Gasteiger partial charge in [-0.05, 0) is 57.2 Å². The Bertz CT molecular complexity index is 1120. The van der Waals surface area contributed by atoms with Gasteiger partial charge in [-0.15, -0.1) is 11.8 Å². The Hall–Kier alpha value is -3.53.